The fourth-order valence-corrected chi connectivity index (χ4v) is 3.48. The van der Waals surface area contributed by atoms with Gasteiger partial charge in [0.1, 0.15) is 11.8 Å². The number of benzene rings is 3. The molecular weight excluding hydrogens is 392 g/mol. The summed E-state index contributed by atoms with van der Waals surface area (Å²) in [6.45, 7) is 2.44. The third-order valence-electron chi connectivity index (χ3n) is 4.42. The van der Waals surface area contributed by atoms with Gasteiger partial charge in [0, 0.05) is 16.6 Å². The maximum absolute atomic E-state index is 12.4. The van der Waals surface area contributed by atoms with E-state index in [1.54, 1.807) is 7.11 Å². The summed E-state index contributed by atoms with van der Waals surface area (Å²) >= 11 is 3.50. The van der Waals surface area contributed by atoms with Gasteiger partial charge < -0.3 is 15.4 Å². The zero-order chi connectivity index (χ0) is 18.5. The Labute approximate surface area is 161 Å². The number of halogens is 1. The number of ether oxygens (including phenoxy) is 1. The van der Waals surface area contributed by atoms with Crippen molar-refractivity contribution in [3.8, 4) is 5.75 Å². The lowest BCUT2D eigenvalue weighted by molar-refractivity contribution is -0.682. The SMILES string of the molecule is COc1ccc([C@H](C)[NH2+]CC(=O)Nc2cccc3ccccc23)cc1Br. The lowest BCUT2D eigenvalue weighted by atomic mass is 10.1. The summed E-state index contributed by atoms with van der Waals surface area (Å²) in [7, 11) is 1.65. The molecule has 3 aromatic carbocycles. The van der Waals surface area contributed by atoms with Crippen molar-refractivity contribution in [2.45, 2.75) is 13.0 Å². The van der Waals surface area contributed by atoms with Crippen molar-refractivity contribution >= 4 is 38.3 Å². The van der Waals surface area contributed by atoms with Crippen molar-refractivity contribution < 1.29 is 14.8 Å². The van der Waals surface area contributed by atoms with Crippen LogP contribution < -0.4 is 15.4 Å². The molecule has 0 saturated heterocycles. The molecule has 0 aliphatic carbocycles. The Morgan fingerprint density at radius 3 is 2.69 bits per heavy atom. The van der Waals surface area contributed by atoms with Crippen LogP contribution in [-0.4, -0.2) is 19.6 Å². The van der Waals surface area contributed by atoms with Crippen LogP contribution in [0, 0.1) is 0 Å². The second kappa shape index (κ2) is 8.34. The van der Waals surface area contributed by atoms with Crippen molar-refractivity contribution in [1.29, 1.82) is 0 Å². The topological polar surface area (TPSA) is 54.9 Å². The van der Waals surface area contributed by atoms with Crippen molar-refractivity contribution in [3.63, 3.8) is 0 Å². The number of nitrogens with one attached hydrogen (secondary N) is 1. The first-order valence-corrected chi connectivity index (χ1v) is 9.32. The van der Waals surface area contributed by atoms with Crippen LogP contribution in [0.1, 0.15) is 18.5 Å². The highest BCUT2D eigenvalue weighted by Crippen LogP contribution is 2.27. The number of carbonyl (C=O) groups excluding carboxylic acids is 1. The Bertz CT molecular complexity index is 922. The molecule has 0 aliphatic heterocycles. The Kier molecular flexibility index (Phi) is 5.91. The fraction of sp³-hybridized carbons (Fsp3) is 0.190. The first kappa shape index (κ1) is 18.4. The normalized spacial score (nSPS) is 12.0. The van der Waals surface area contributed by atoms with E-state index in [1.807, 2.05) is 66.0 Å². The Morgan fingerprint density at radius 2 is 1.92 bits per heavy atom. The zero-order valence-electron chi connectivity index (χ0n) is 14.8. The molecule has 0 fully saturated rings. The van der Waals surface area contributed by atoms with E-state index < -0.39 is 0 Å². The number of rotatable bonds is 6. The molecule has 0 heterocycles. The van der Waals surface area contributed by atoms with Crippen molar-refractivity contribution in [2.75, 3.05) is 19.0 Å². The van der Waals surface area contributed by atoms with Crippen LogP contribution in [0.2, 0.25) is 0 Å². The maximum Gasteiger partial charge on any atom is 0.279 e. The molecule has 26 heavy (non-hydrogen) atoms. The highest BCUT2D eigenvalue weighted by atomic mass is 79.9. The minimum Gasteiger partial charge on any atom is -0.496 e. The average molecular weight is 414 g/mol. The van der Waals surface area contributed by atoms with Crippen molar-refractivity contribution in [3.05, 3.63) is 70.7 Å². The highest BCUT2D eigenvalue weighted by molar-refractivity contribution is 9.10. The predicted molar refractivity (Wildman–Crippen MR) is 108 cm³/mol. The van der Waals surface area contributed by atoms with Gasteiger partial charge in [-0.2, -0.15) is 0 Å². The number of fused-ring (bicyclic) bond motifs is 1. The van der Waals surface area contributed by atoms with E-state index >= 15 is 0 Å². The molecule has 0 bridgehead atoms. The van der Waals surface area contributed by atoms with E-state index in [1.165, 1.54) is 0 Å². The predicted octanol–water partition coefficient (Wildman–Crippen LogP) is 3.87. The lowest BCUT2D eigenvalue weighted by Crippen LogP contribution is -2.86. The number of methoxy groups -OCH3 is 1. The molecule has 0 unspecified atom stereocenters. The molecule has 3 N–H and O–H groups in total. The number of hydrogen-bond donors (Lipinski definition) is 2. The van der Waals surface area contributed by atoms with Crippen LogP contribution in [-0.2, 0) is 4.79 Å². The van der Waals surface area contributed by atoms with Gasteiger partial charge in [-0.1, -0.05) is 36.4 Å². The summed E-state index contributed by atoms with van der Waals surface area (Å²) in [5.74, 6) is 0.787. The average Bonchev–Trinajstić information content (AvgIpc) is 2.66. The first-order chi connectivity index (χ1) is 12.6. The third-order valence-corrected chi connectivity index (χ3v) is 5.04. The molecule has 1 atom stereocenters. The van der Waals surface area contributed by atoms with E-state index in [0.717, 1.165) is 32.2 Å². The molecule has 0 saturated carbocycles. The second-order valence-electron chi connectivity index (χ2n) is 6.20. The number of quaternary nitrogens is 1. The van der Waals surface area contributed by atoms with Gasteiger partial charge in [0.2, 0.25) is 0 Å². The monoisotopic (exact) mass is 413 g/mol. The Morgan fingerprint density at radius 1 is 1.15 bits per heavy atom. The van der Waals surface area contributed by atoms with Crippen LogP contribution in [0.15, 0.2) is 65.1 Å². The van der Waals surface area contributed by atoms with Gasteiger partial charge >= 0.3 is 0 Å². The standard InChI is InChI=1S/C21H21BrN2O2/c1-14(16-10-11-20(26-2)18(22)12-16)23-13-21(25)24-19-9-5-7-15-6-3-4-8-17(15)19/h3-12,14,23H,13H2,1-2H3,(H,24,25)/p+1/t14-/m0/s1. The fourth-order valence-electron chi connectivity index (χ4n) is 2.92. The zero-order valence-corrected chi connectivity index (χ0v) is 16.4. The Balaban J connectivity index is 1.62. The molecule has 3 aromatic rings. The second-order valence-corrected chi connectivity index (χ2v) is 7.05. The quantitative estimate of drug-likeness (QED) is 0.644. The molecule has 0 aliphatic rings. The van der Waals surface area contributed by atoms with Gasteiger partial charge in [0.05, 0.1) is 11.6 Å². The van der Waals surface area contributed by atoms with Crippen molar-refractivity contribution in [1.82, 2.24) is 0 Å². The summed E-state index contributed by atoms with van der Waals surface area (Å²) in [4.78, 5) is 12.4. The van der Waals surface area contributed by atoms with Crippen LogP contribution in [0.4, 0.5) is 5.69 Å². The number of anilines is 1. The van der Waals surface area contributed by atoms with E-state index in [9.17, 15) is 4.79 Å². The molecule has 1 amide bonds. The minimum absolute atomic E-state index is 0.0132. The van der Waals surface area contributed by atoms with Crippen molar-refractivity contribution in [2.24, 2.45) is 0 Å². The summed E-state index contributed by atoms with van der Waals surface area (Å²) in [5.41, 5.74) is 1.98. The molecule has 3 rings (SSSR count). The largest absolute Gasteiger partial charge is 0.496 e. The van der Waals surface area contributed by atoms with E-state index in [0.29, 0.717) is 6.54 Å². The number of hydrogen-bond acceptors (Lipinski definition) is 2. The molecule has 4 nitrogen and oxygen atoms in total. The van der Waals surface area contributed by atoms with Gasteiger partial charge in [0.15, 0.2) is 6.54 Å². The number of nitrogens with two attached hydrogens (primary N) is 1. The van der Waals surface area contributed by atoms with Crippen LogP contribution in [0.5, 0.6) is 5.75 Å². The molecule has 0 spiro atoms. The van der Waals surface area contributed by atoms with Gasteiger partial charge in [-0.05, 0) is 52.5 Å². The van der Waals surface area contributed by atoms with Crippen LogP contribution in [0.25, 0.3) is 10.8 Å². The third kappa shape index (κ3) is 4.23. The van der Waals surface area contributed by atoms with E-state index in [2.05, 4.69) is 28.2 Å². The summed E-state index contributed by atoms with van der Waals surface area (Å²) in [6, 6.07) is 20.1. The van der Waals surface area contributed by atoms with Crippen LogP contribution in [0.3, 0.4) is 0 Å². The van der Waals surface area contributed by atoms with Gasteiger partial charge in [-0.25, -0.2) is 0 Å². The lowest BCUT2D eigenvalue weighted by Gasteiger charge is -2.13. The van der Waals surface area contributed by atoms with Gasteiger partial charge in [0.25, 0.3) is 5.91 Å². The number of carbonyl (C=O) groups is 1. The summed E-state index contributed by atoms with van der Waals surface area (Å²) in [5, 5.41) is 7.21. The first-order valence-electron chi connectivity index (χ1n) is 8.53. The molecular formula is C21H22BrN2O2+. The van der Waals surface area contributed by atoms with E-state index in [4.69, 9.17) is 4.74 Å². The van der Waals surface area contributed by atoms with Crippen LogP contribution >= 0.6 is 15.9 Å². The Hall–Kier alpha value is -2.37. The van der Waals surface area contributed by atoms with Gasteiger partial charge in [-0.15, -0.1) is 0 Å². The highest BCUT2D eigenvalue weighted by Gasteiger charge is 2.14. The van der Waals surface area contributed by atoms with E-state index in [-0.39, 0.29) is 11.9 Å². The molecule has 0 aromatic heterocycles. The molecule has 5 heteroatoms. The molecule has 0 radical (unpaired) electrons. The number of amides is 1. The smallest absolute Gasteiger partial charge is 0.279 e. The summed E-state index contributed by atoms with van der Waals surface area (Å²) < 4.78 is 6.17. The molecule has 134 valence electrons. The van der Waals surface area contributed by atoms with Gasteiger partial charge in [-0.3, -0.25) is 4.79 Å². The summed E-state index contributed by atoms with van der Waals surface area (Å²) in [6.07, 6.45) is 0. The maximum atomic E-state index is 12.4. The minimum atomic E-state index is -0.0132.